The normalized spacial score (nSPS) is 10.9. The van der Waals surface area contributed by atoms with Crippen molar-refractivity contribution < 1.29 is 4.79 Å². The minimum Gasteiger partial charge on any atom is -0.378 e. The topological polar surface area (TPSA) is 66.6 Å². The van der Waals surface area contributed by atoms with E-state index in [9.17, 15) is 4.79 Å². The van der Waals surface area contributed by atoms with E-state index in [0.717, 1.165) is 22.6 Å². The number of rotatable bonds is 4. The minimum absolute atomic E-state index is 0.161. The maximum absolute atomic E-state index is 12.6. The highest BCUT2D eigenvalue weighted by Crippen LogP contribution is 2.14. The molecule has 0 unspecified atom stereocenters. The highest BCUT2D eigenvalue weighted by molar-refractivity contribution is 5.90. The number of carbonyl (C=O) groups is 1. The van der Waals surface area contributed by atoms with Crippen molar-refractivity contribution >= 4 is 17.4 Å². The Morgan fingerprint density at radius 3 is 2.40 bits per heavy atom. The molecule has 1 aromatic carbocycles. The van der Waals surface area contributed by atoms with Crippen LogP contribution in [0, 0.1) is 13.8 Å². The summed E-state index contributed by atoms with van der Waals surface area (Å²) in [4.78, 5) is 24.9. The van der Waals surface area contributed by atoms with Crippen LogP contribution in [-0.2, 0) is 6.54 Å². The summed E-state index contributed by atoms with van der Waals surface area (Å²) in [5.41, 5.74) is 3.92. The molecule has 2 heterocycles. The van der Waals surface area contributed by atoms with Gasteiger partial charge < -0.3 is 9.80 Å². The fourth-order valence-electron chi connectivity index (χ4n) is 2.67. The maximum atomic E-state index is 12.6. The van der Waals surface area contributed by atoms with E-state index in [2.05, 4.69) is 15.1 Å². The second-order valence-electron chi connectivity index (χ2n) is 6.41. The summed E-state index contributed by atoms with van der Waals surface area (Å²) in [6.45, 7) is 4.31. The van der Waals surface area contributed by atoms with E-state index >= 15 is 0 Å². The average molecular weight is 338 g/mol. The molecule has 2 aromatic heterocycles. The van der Waals surface area contributed by atoms with Gasteiger partial charge in [-0.2, -0.15) is 4.98 Å². The van der Waals surface area contributed by atoms with Crippen molar-refractivity contribution in [3.8, 4) is 0 Å². The number of hydrogen-bond acceptors (Lipinski definition) is 5. The van der Waals surface area contributed by atoms with Crippen molar-refractivity contribution in [2.24, 2.45) is 0 Å². The van der Waals surface area contributed by atoms with Gasteiger partial charge in [-0.25, -0.2) is 9.50 Å². The lowest BCUT2D eigenvalue weighted by Gasteiger charge is -2.17. The summed E-state index contributed by atoms with van der Waals surface area (Å²) < 4.78 is 1.60. The largest absolute Gasteiger partial charge is 0.378 e. The number of hydrogen-bond donors (Lipinski definition) is 0. The SMILES string of the molecule is Cc1cc(C)n2nc(C(=O)N(C)Cc3ccc(N(C)C)cc3)nc2n1. The van der Waals surface area contributed by atoms with Crippen LogP contribution in [-0.4, -0.2) is 51.5 Å². The zero-order chi connectivity index (χ0) is 18.1. The van der Waals surface area contributed by atoms with Gasteiger partial charge in [0, 0.05) is 44.8 Å². The molecule has 3 aromatic rings. The first-order valence-electron chi connectivity index (χ1n) is 8.08. The van der Waals surface area contributed by atoms with Gasteiger partial charge in [-0.3, -0.25) is 4.79 Å². The predicted molar refractivity (Wildman–Crippen MR) is 96.8 cm³/mol. The molecule has 0 radical (unpaired) electrons. The molecule has 0 aliphatic carbocycles. The fraction of sp³-hybridized carbons (Fsp3) is 0.333. The zero-order valence-corrected chi connectivity index (χ0v) is 15.2. The number of aryl methyl sites for hydroxylation is 2. The van der Waals surface area contributed by atoms with Crippen molar-refractivity contribution in [3.63, 3.8) is 0 Å². The van der Waals surface area contributed by atoms with Crippen LogP contribution in [0.15, 0.2) is 30.3 Å². The molecule has 0 atom stereocenters. The zero-order valence-electron chi connectivity index (χ0n) is 15.2. The van der Waals surface area contributed by atoms with Crippen molar-refractivity contribution in [3.05, 3.63) is 53.1 Å². The van der Waals surface area contributed by atoms with Crippen molar-refractivity contribution in [2.45, 2.75) is 20.4 Å². The number of aromatic nitrogens is 4. The summed E-state index contributed by atoms with van der Waals surface area (Å²) in [7, 11) is 5.74. The van der Waals surface area contributed by atoms with Gasteiger partial charge in [0.15, 0.2) is 0 Å². The molecule has 0 N–H and O–H groups in total. The molecule has 0 aliphatic rings. The third kappa shape index (κ3) is 3.45. The van der Waals surface area contributed by atoms with E-state index in [1.54, 1.807) is 16.5 Å². The molecule has 0 fully saturated rings. The Morgan fingerprint density at radius 2 is 1.76 bits per heavy atom. The van der Waals surface area contributed by atoms with Crippen LogP contribution in [0.1, 0.15) is 27.6 Å². The Hall–Kier alpha value is -2.96. The van der Waals surface area contributed by atoms with Crippen molar-refractivity contribution in [1.82, 2.24) is 24.5 Å². The van der Waals surface area contributed by atoms with E-state index in [0.29, 0.717) is 12.3 Å². The molecular formula is C18H22N6O. The second-order valence-corrected chi connectivity index (χ2v) is 6.41. The predicted octanol–water partition coefficient (Wildman–Crippen LogP) is 2.08. The number of fused-ring (bicyclic) bond motifs is 1. The quantitative estimate of drug-likeness (QED) is 0.729. The summed E-state index contributed by atoms with van der Waals surface area (Å²) in [5.74, 6) is 0.387. The lowest BCUT2D eigenvalue weighted by atomic mass is 10.2. The first-order valence-corrected chi connectivity index (χ1v) is 8.08. The molecule has 0 bridgehead atoms. The van der Waals surface area contributed by atoms with Gasteiger partial charge in [0.1, 0.15) is 0 Å². The van der Waals surface area contributed by atoms with Crippen LogP contribution in [0.3, 0.4) is 0 Å². The van der Waals surface area contributed by atoms with E-state index in [1.807, 2.05) is 63.2 Å². The Kier molecular flexibility index (Phi) is 4.39. The minimum atomic E-state index is -0.223. The second kappa shape index (κ2) is 6.51. The van der Waals surface area contributed by atoms with Crippen LogP contribution in [0.4, 0.5) is 5.69 Å². The number of carbonyl (C=O) groups excluding carboxylic acids is 1. The lowest BCUT2D eigenvalue weighted by Crippen LogP contribution is -2.27. The summed E-state index contributed by atoms with van der Waals surface area (Å²) >= 11 is 0. The van der Waals surface area contributed by atoms with Gasteiger partial charge in [0.25, 0.3) is 11.7 Å². The van der Waals surface area contributed by atoms with Gasteiger partial charge in [-0.1, -0.05) is 12.1 Å². The molecule has 1 amide bonds. The fourth-order valence-corrected chi connectivity index (χ4v) is 2.67. The molecule has 130 valence electrons. The molecule has 3 rings (SSSR count). The molecule has 25 heavy (non-hydrogen) atoms. The van der Waals surface area contributed by atoms with E-state index < -0.39 is 0 Å². The molecule has 7 heteroatoms. The first-order chi connectivity index (χ1) is 11.8. The summed E-state index contributed by atoms with van der Waals surface area (Å²) in [6, 6.07) is 10.0. The number of amides is 1. The Balaban J connectivity index is 1.79. The highest BCUT2D eigenvalue weighted by atomic mass is 16.2. The molecule has 0 aliphatic heterocycles. The van der Waals surface area contributed by atoms with Gasteiger partial charge in [0.2, 0.25) is 5.82 Å². The Bertz CT molecular complexity index is 913. The Morgan fingerprint density at radius 1 is 1.08 bits per heavy atom. The van der Waals surface area contributed by atoms with Crippen LogP contribution in [0.2, 0.25) is 0 Å². The summed E-state index contributed by atoms with van der Waals surface area (Å²) in [5, 5.41) is 4.30. The lowest BCUT2D eigenvalue weighted by molar-refractivity contribution is 0.0773. The van der Waals surface area contributed by atoms with Crippen molar-refractivity contribution in [2.75, 3.05) is 26.0 Å². The van der Waals surface area contributed by atoms with E-state index in [-0.39, 0.29) is 11.7 Å². The smallest absolute Gasteiger partial charge is 0.293 e. The molecule has 0 spiro atoms. The maximum Gasteiger partial charge on any atom is 0.293 e. The number of anilines is 1. The van der Waals surface area contributed by atoms with E-state index in [1.165, 1.54) is 0 Å². The monoisotopic (exact) mass is 338 g/mol. The van der Waals surface area contributed by atoms with Gasteiger partial charge in [-0.15, -0.1) is 5.10 Å². The highest BCUT2D eigenvalue weighted by Gasteiger charge is 2.19. The third-order valence-corrected chi connectivity index (χ3v) is 4.03. The number of nitrogens with zero attached hydrogens (tertiary/aromatic N) is 6. The van der Waals surface area contributed by atoms with Gasteiger partial charge >= 0.3 is 0 Å². The van der Waals surface area contributed by atoms with Crippen LogP contribution < -0.4 is 4.90 Å². The Labute approximate surface area is 146 Å². The third-order valence-electron chi connectivity index (χ3n) is 4.03. The number of benzene rings is 1. The van der Waals surface area contributed by atoms with Crippen LogP contribution >= 0.6 is 0 Å². The van der Waals surface area contributed by atoms with Gasteiger partial charge in [0.05, 0.1) is 0 Å². The standard InChI is InChI=1S/C18H22N6O/c1-12-10-13(2)24-18(19-12)20-16(21-24)17(25)23(5)11-14-6-8-15(9-7-14)22(3)4/h6-10H,11H2,1-5H3. The van der Waals surface area contributed by atoms with Crippen molar-refractivity contribution in [1.29, 1.82) is 0 Å². The first kappa shape index (κ1) is 16.9. The molecule has 0 saturated carbocycles. The molecule has 0 saturated heterocycles. The summed E-state index contributed by atoms with van der Waals surface area (Å²) in [6.07, 6.45) is 0. The van der Waals surface area contributed by atoms with Crippen LogP contribution in [0.25, 0.3) is 5.78 Å². The molecular weight excluding hydrogens is 316 g/mol. The van der Waals surface area contributed by atoms with Crippen LogP contribution in [0.5, 0.6) is 0 Å². The van der Waals surface area contributed by atoms with E-state index in [4.69, 9.17) is 0 Å². The van der Waals surface area contributed by atoms with Gasteiger partial charge in [-0.05, 0) is 37.6 Å². The molecule has 7 nitrogen and oxygen atoms in total. The average Bonchev–Trinajstić information content (AvgIpc) is 2.98.